The van der Waals surface area contributed by atoms with E-state index in [-0.39, 0.29) is 11.9 Å². The maximum absolute atomic E-state index is 12.1. The molecule has 6 heteroatoms. The summed E-state index contributed by atoms with van der Waals surface area (Å²) >= 11 is 0. The predicted octanol–water partition coefficient (Wildman–Crippen LogP) is 1.61. The van der Waals surface area contributed by atoms with Crippen molar-refractivity contribution in [2.75, 3.05) is 5.32 Å². The Bertz CT molecular complexity index is 692. The molecule has 0 unspecified atom stereocenters. The first kappa shape index (κ1) is 10.4. The molecule has 1 aromatic carbocycles. The van der Waals surface area contributed by atoms with Gasteiger partial charge in [0.1, 0.15) is 0 Å². The van der Waals surface area contributed by atoms with Gasteiger partial charge >= 0.3 is 0 Å². The van der Waals surface area contributed by atoms with Crippen molar-refractivity contribution in [1.29, 1.82) is 0 Å². The van der Waals surface area contributed by atoms with Crippen molar-refractivity contribution < 1.29 is 4.79 Å². The second-order valence-electron chi connectivity index (χ2n) is 3.66. The number of carbonyl (C=O) groups excluding carboxylic acids is 1. The lowest BCUT2D eigenvalue weighted by atomic mass is 10.1. The van der Waals surface area contributed by atoms with E-state index in [0.717, 1.165) is 10.9 Å². The molecule has 0 fully saturated rings. The predicted molar refractivity (Wildman–Crippen MR) is 66.1 cm³/mol. The lowest BCUT2D eigenvalue weighted by Crippen LogP contribution is -2.14. The number of hydrogen-bond acceptors (Lipinski definition) is 4. The van der Waals surface area contributed by atoms with Crippen LogP contribution in [0.15, 0.2) is 42.9 Å². The Hall–Kier alpha value is -2.76. The zero-order chi connectivity index (χ0) is 12.4. The highest BCUT2D eigenvalue weighted by atomic mass is 16.1. The fourth-order valence-corrected chi connectivity index (χ4v) is 1.76. The van der Waals surface area contributed by atoms with E-state index in [2.05, 4.69) is 25.5 Å². The molecule has 0 saturated heterocycles. The van der Waals surface area contributed by atoms with Crippen LogP contribution in [0.3, 0.4) is 0 Å². The van der Waals surface area contributed by atoms with E-state index in [1.807, 2.05) is 18.2 Å². The lowest BCUT2D eigenvalue weighted by molar-refractivity contribution is 0.102. The van der Waals surface area contributed by atoms with Crippen LogP contribution in [0.5, 0.6) is 0 Å². The zero-order valence-corrected chi connectivity index (χ0v) is 9.29. The Morgan fingerprint density at radius 1 is 1.22 bits per heavy atom. The molecule has 2 aromatic heterocycles. The van der Waals surface area contributed by atoms with Crippen LogP contribution in [-0.2, 0) is 0 Å². The van der Waals surface area contributed by atoms with E-state index in [1.54, 1.807) is 12.3 Å². The number of benzene rings is 1. The summed E-state index contributed by atoms with van der Waals surface area (Å²) in [6, 6.07) is 7.33. The molecule has 88 valence electrons. The third kappa shape index (κ3) is 1.80. The van der Waals surface area contributed by atoms with Gasteiger partial charge < -0.3 is 4.98 Å². The number of amides is 1. The second kappa shape index (κ2) is 4.25. The van der Waals surface area contributed by atoms with Crippen LogP contribution in [0, 0.1) is 0 Å². The van der Waals surface area contributed by atoms with Crippen LogP contribution in [-0.4, -0.2) is 26.1 Å². The molecule has 0 atom stereocenters. The molecule has 0 spiro atoms. The highest BCUT2D eigenvalue weighted by Crippen LogP contribution is 2.17. The summed E-state index contributed by atoms with van der Waals surface area (Å²) in [5, 5.41) is 10.8. The number of hydrogen-bond donors (Lipinski definition) is 2. The van der Waals surface area contributed by atoms with E-state index in [1.165, 1.54) is 12.4 Å². The largest absolute Gasteiger partial charge is 0.361 e. The van der Waals surface area contributed by atoms with Gasteiger partial charge in [-0.05, 0) is 18.2 Å². The smallest absolute Gasteiger partial charge is 0.258 e. The van der Waals surface area contributed by atoms with Crippen LogP contribution in [0.25, 0.3) is 10.9 Å². The van der Waals surface area contributed by atoms with Crippen LogP contribution < -0.4 is 5.32 Å². The molecule has 0 radical (unpaired) electrons. The van der Waals surface area contributed by atoms with E-state index < -0.39 is 0 Å². The number of H-pyrrole nitrogens is 1. The molecular formula is C12H9N5O. The first-order valence-corrected chi connectivity index (χ1v) is 5.36. The van der Waals surface area contributed by atoms with Gasteiger partial charge in [0, 0.05) is 22.7 Å². The lowest BCUT2D eigenvalue weighted by Gasteiger charge is -2.03. The van der Waals surface area contributed by atoms with Crippen molar-refractivity contribution in [2.24, 2.45) is 0 Å². The highest BCUT2D eigenvalue weighted by Gasteiger charge is 2.11. The zero-order valence-electron chi connectivity index (χ0n) is 9.29. The first-order chi connectivity index (χ1) is 8.84. The number of aromatic nitrogens is 4. The SMILES string of the molecule is O=C(Nc1nccnn1)c1cccc2[nH]ccc12. The molecule has 0 aliphatic heterocycles. The summed E-state index contributed by atoms with van der Waals surface area (Å²) in [5.74, 6) is -0.0664. The summed E-state index contributed by atoms with van der Waals surface area (Å²) in [4.78, 5) is 19.0. The van der Waals surface area contributed by atoms with Gasteiger partial charge in [-0.25, -0.2) is 4.98 Å². The molecule has 0 aliphatic carbocycles. The number of aromatic amines is 1. The molecule has 1 amide bonds. The standard InChI is InChI=1S/C12H9N5O/c18-11(16-12-14-6-7-15-17-12)9-2-1-3-10-8(9)4-5-13-10/h1-7,13H,(H,14,16,17,18). The summed E-state index contributed by atoms with van der Waals surface area (Å²) in [5.41, 5.74) is 1.48. The van der Waals surface area contributed by atoms with E-state index in [4.69, 9.17) is 0 Å². The van der Waals surface area contributed by atoms with Gasteiger partial charge in [-0.15, -0.1) is 5.10 Å². The number of fused-ring (bicyclic) bond motifs is 1. The minimum Gasteiger partial charge on any atom is -0.361 e. The Morgan fingerprint density at radius 3 is 3.00 bits per heavy atom. The van der Waals surface area contributed by atoms with Gasteiger partial charge in [0.15, 0.2) is 0 Å². The first-order valence-electron chi connectivity index (χ1n) is 5.36. The van der Waals surface area contributed by atoms with Crippen molar-refractivity contribution in [3.05, 3.63) is 48.4 Å². The number of nitrogens with one attached hydrogen (secondary N) is 2. The third-order valence-electron chi connectivity index (χ3n) is 2.55. The summed E-state index contributed by atoms with van der Waals surface area (Å²) < 4.78 is 0. The minimum atomic E-state index is -0.256. The fourth-order valence-electron chi connectivity index (χ4n) is 1.76. The van der Waals surface area contributed by atoms with Crippen molar-refractivity contribution in [1.82, 2.24) is 20.2 Å². The maximum Gasteiger partial charge on any atom is 0.258 e. The number of anilines is 1. The monoisotopic (exact) mass is 239 g/mol. The van der Waals surface area contributed by atoms with Gasteiger partial charge in [-0.1, -0.05) is 6.07 Å². The molecule has 0 aliphatic rings. The molecule has 0 bridgehead atoms. The van der Waals surface area contributed by atoms with Gasteiger partial charge in [-0.3, -0.25) is 10.1 Å². The topological polar surface area (TPSA) is 83.6 Å². The van der Waals surface area contributed by atoms with Gasteiger partial charge in [0.25, 0.3) is 5.91 Å². The van der Waals surface area contributed by atoms with Crippen LogP contribution >= 0.6 is 0 Å². The van der Waals surface area contributed by atoms with Crippen molar-refractivity contribution in [2.45, 2.75) is 0 Å². The number of rotatable bonds is 2. The molecule has 0 saturated carbocycles. The molecule has 2 N–H and O–H groups in total. The normalized spacial score (nSPS) is 10.4. The number of nitrogens with zero attached hydrogens (tertiary/aromatic N) is 3. The van der Waals surface area contributed by atoms with E-state index >= 15 is 0 Å². The molecule has 3 aromatic rings. The minimum absolute atomic E-state index is 0.190. The third-order valence-corrected chi connectivity index (χ3v) is 2.55. The quantitative estimate of drug-likeness (QED) is 0.711. The van der Waals surface area contributed by atoms with Crippen LogP contribution in [0.2, 0.25) is 0 Å². The Kier molecular flexibility index (Phi) is 2.45. The Labute approximate surface area is 102 Å². The summed E-state index contributed by atoms with van der Waals surface area (Å²) in [7, 11) is 0. The van der Waals surface area contributed by atoms with Gasteiger partial charge in [0.05, 0.1) is 12.4 Å². The van der Waals surface area contributed by atoms with Crippen LogP contribution in [0.4, 0.5) is 5.95 Å². The fraction of sp³-hybridized carbons (Fsp3) is 0. The van der Waals surface area contributed by atoms with Gasteiger partial charge in [0.2, 0.25) is 5.95 Å². The second-order valence-corrected chi connectivity index (χ2v) is 3.66. The Morgan fingerprint density at radius 2 is 2.17 bits per heavy atom. The van der Waals surface area contributed by atoms with Crippen LogP contribution in [0.1, 0.15) is 10.4 Å². The van der Waals surface area contributed by atoms with Crippen molar-refractivity contribution >= 4 is 22.8 Å². The highest BCUT2D eigenvalue weighted by molar-refractivity contribution is 6.11. The van der Waals surface area contributed by atoms with Crippen molar-refractivity contribution in [3.63, 3.8) is 0 Å². The summed E-state index contributed by atoms with van der Waals surface area (Å²) in [6.07, 6.45) is 4.71. The summed E-state index contributed by atoms with van der Waals surface area (Å²) in [6.45, 7) is 0. The average Bonchev–Trinajstić information content (AvgIpc) is 2.87. The molecule has 3 rings (SSSR count). The molecule has 2 heterocycles. The molecule has 18 heavy (non-hydrogen) atoms. The maximum atomic E-state index is 12.1. The molecular weight excluding hydrogens is 230 g/mol. The number of carbonyl (C=O) groups is 1. The average molecular weight is 239 g/mol. The Balaban J connectivity index is 1.95. The molecule has 6 nitrogen and oxygen atoms in total. The van der Waals surface area contributed by atoms with Crippen molar-refractivity contribution in [3.8, 4) is 0 Å². The van der Waals surface area contributed by atoms with Gasteiger partial charge in [-0.2, -0.15) is 5.10 Å². The van der Waals surface area contributed by atoms with E-state index in [0.29, 0.717) is 5.56 Å². The van der Waals surface area contributed by atoms with E-state index in [9.17, 15) is 4.79 Å².